The second-order valence-corrected chi connectivity index (χ2v) is 7.91. The lowest BCUT2D eigenvalue weighted by atomic mass is 10.1. The summed E-state index contributed by atoms with van der Waals surface area (Å²) in [5.74, 6) is -0.565. The highest BCUT2D eigenvalue weighted by Crippen LogP contribution is 2.32. The minimum Gasteiger partial charge on any atom is -0.490 e. The SMILES string of the molecule is CCOc1cc(/C=C2/SC(=S)NC2=O)ccc1OC(=O)c1cc(C)cc([N+](=O)[O-])c1. The van der Waals surface area contributed by atoms with Crippen molar-refractivity contribution in [1.82, 2.24) is 5.32 Å². The summed E-state index contributed by atoms with van der Waals surface area (Å²) in [6, 6.07) is 8.86. The van der Waals surface area contributed by atoms with Crippen LogP contribution in [0.25, 0.3) is 6.08 Å². The van der Waals surface area contributed by atoms with Crippen molar-refractivity contribution in [3.8, 4) is 11.5 Å². The van der Waals surface area contributed by atoms with Gasteiger partial charge in [-0.15, -0.1) is 0 Å². The zero-order chi connectivity index (χ0) is 21.8. The molecule has 0 unspecified atom stereocenters. The fraction of sp³-hybridized carbons (Fsp3) is 0.150. The van der Waals surface area contributed by atoms with Crippen molar-refractivity contribution in [2.75, 3.05) is 6.61 Å². The monoisotopic (exact) mass is 444 g/mol. The number of nitro groups is 1. The number of hydrogen-bond acceptors (Lipinski definition) is 8. The molecule has 1 heterocycles. The standard InChI is InChI=1S/C20H16N2O6S2/c1-3-27-16-8-12(9-17-18(23)21-20(29)30-17)4-5-15(16)28-19(24)13-6-11(2)7-14(10-13)22(25)26/h4-10H,3H2,1-2H3,(H,21,23,29)/b17-9+. The lowest BCUT2D eigenvalue weighted by molar-refractivity contribution is -0.384. The van der Waals surface area contributed by atoms with Crippen molar-refractivity contribution in [3.05, 3.63) is 68.1 Å². The number of esters is 1. The molecule has 1 N–H and O–H groups in total. The van der Waals surface area contributed by atoms with Gasteiger partial charge in [0, 0.05) is 12.1 Å². The molecular formula is C20H16N2O6S2. The molecule has 0 spiro atoms. The van der Waals surface area contributed by atoms with Gasteiger partial charge >= 0.3 is 5.97 Å². The summed E-state index contributed by atoms with van der Waals surface area (Å²) in [7, 11) is 0. The predicted octanol–water partition coefficient (Wildman–Crippen LogP) is 4.01. The van der Waals surface area contributed by atoms with E-state index in [1.54, 1.807) is 32.1 Å². The Balaban J connectivity index is 1.88. The zero-order valence-electron chi connectivity index (χ0n) is 16.0. The first kappa shape index (κ1) is 21.5. The number of rotatable bonds is 6. The fourth-order valence-electron chi connectivity index (χ4n) is 2.68. The van der Waals surface area contributed by atoms with E-state index in [-0.39, 0.29) is 22.9 Å². The van der Waals surface area contributed by atoms with Gasteiger partial charge in [-0.25, -0.2) is 4.79 Å². The fourth-order valence-corrected chi connectivity index (χ4v) is 3.73. The van der Waals surface area contributed by atoms with Gasteiger partial charge in [-0.2, -0.15) is 0 Å². The van der Waals surface area contributed by atoms with Crippen LogP contribution in [0.15, 0.2) is 41.3 Å². The number of carbonyl (C=O) groups excluding carboxylic acids is 2. The largest absolute Gasteiger partial charge is 0.490 e. The Bertz CT molecular complexity index is 1100. The summed E-state index contributed by atoms with van der Waals surface area (Å²) < 4.78 is 11.4. The third-order valence-corrected chi connectivity index (χ3v) is 5.08. The third kappa shape index (κ3) is 5.02. The Hall–Kier alpha value is -3.24. The highest BCUT2D eigenvalue weighted by atomic mass is 32.2. The van der Waals surface area contributed by atoms with Gasteiger partial charge in [0.25, 0.3) is 11.6 Å². The van der Waals surface area contributed by atoms with Crippen molar-refractivity contribution >= 4 is 51.9 Å². The summed E-state index contributed by atoms with van der Waals surface area (Å²) in [5, 5.41) is 13.6. The number of non-ortho nitro benzene ring substituents is 1. The highest BCUT2D eigenvalue weighted by Gasteiger charge is 2.22. The number of nitrogens with one attached hydrogen (secondary N) is 1. The molecule has 10 heteroatoms. The van der Waals surface area contributed by atoms with Crippen LogP contribution in [0.2, 0.25) is 0 Å². The molecule has 1 fully saturated rings. The van der Waals surface area contributed by atoms with Crippen molar-refractivity contribution in [1.29, 1.82) is 0 Å². The molecule has 1 aliphatic heterocycles. The summed E-state index contributed by atoms with van der Waals surface area (Å²) in [5.41, 5.74) is 1.09. The quantitative estimate of drug-likeness (QED) is 0.178. The maximum Gasteiger partial charge on any atom is 0.343 e. The summed E-state index contributed by atoms with van der Waals surface area (Å²) in [6.45, 7) is 3.75. The van der Waals surface area contributed by atoms with Crippen LogP contribution in [0.1, 0.15) is 28.4 Å². The van der Waals surface area contributed by atoms with E-state index in [4.69, 9.17) is 21.7 Å². The van der Waals surface area contributed by atoms with Gasteiger partial charge in [-0.1, -0.05) is 30.0 Å². The number of amides is 1. The van der Waals surface area contributed by atoms with Crippen LogP contribution < -0.4 is 14.8 Å². The Kier molecular flexibility index (Phi) is 6.48. The average molecular weight is 444 g/mol. The number of hydrogen-bond donors (Lipinski definition) is 1. The number of nitrogens with zero attached hydrogens (tertiary/aromatic N) is 1. The maximum atomic E-state index is 12.6. The van der Waals surface area contributed by atoms with E-state index in [0.717, 1.165) is 17.8 Å². The topological polar surface area (TPSA) is 108 Å². The minimum atomic E-state index is -0.745. The lowest BCUT2D eigenvalue weighted by Crippen LogP contribution is -2.17. The van der Waals surface area contributed by atoms with Crippen LogP contribution in [0.4, 0.5) is 5.69 Å². The molecule has 154 valence electrons. The van der Waals surface area contributed by atoms with Gasteiger partial charge in [0.1, 0.15) is 4.32 Å². The Morgan fingerprint density at radius 3 is 2.67 bits per heavy atom. The first-order valence-corrected chi connectivity index (χ1v) is 9.99. The summed E-state index contributed by atoms with van der Waals surface area (Å²) >= 11 is 6.13. The molecule has 1 saturated heterocycles. The Labute approximate surface area is 181 Å². The first-order chi connectivity index (χ1) is 14.3. The molecule has 1 aliphatic rings. The van der Waals surface area contributed by atoms with Gasteiger partial charge in [0.2, 0.25) is 0 Å². The van der Waals surface area contributed by atoms with E-state index in [1.807, 2.05) is 0 Å². The number of thioether (sulfide) groups is 1. The number of benzene rings is 2. The Morgan fingerprint density at radius 2 is 2.03 bits per heavy atom. The number of ether oxygens (including phenoxy) is 2. The number of thiocarbonyl (C=S) groups is 1. The number of nitro benzene ring substituents is 1. The van der Waals surface area contributed by atoms with Gasteiger partial charge in [0.05, 0.1) is 22.0 Å². The molecule has 1 amide bonds. The van der Waals surface area contributed by atoms with Crippen molar-refractivity contribution in [2.24, 2.45) is 0 Å². The van der Waals surface area contributed by atoms with E-state index in [2.05, 4.69) is 5.32 Å². The molecule has 2 aromatic carbocycles. The average Bonchev–Trinajstić information content (AvgIpc) is 3.00. The Morgan fingerprint density at radius 1 is 1.27 bits per heavy atom. The van der Waals surface area contributed by atoms with Crippen LogP contribution in [-0.2, 0) is 4.79 Å². The van der Waals surface area contributed by atoms with Gasteiger partial charge in [0.15, 0.2) is 11.5 Å². The van der Waals surface area contributed by atoms with E-state index in [0.29, 0.717) is 32.7 Å². The summed E-state index contributed by atoms with van der Waals surface area (Å²) in [6.07, 6.45) is 1.65. The second-order valence-electron chi connectivity index (χ2n) is 6.20. The van der Waals surface area contributed by atoms with E-state index in [1.165, 1.54) is 18.2 Å². The molecule has 30 heavy (non-hydrogen) atoms. The molecular weight excluding hydrogens is 428 g/mol. The molecule has 8 nitrogen and oxygen atoms in total. The molecule has 0 saturated carbocycles. The summed E-state index contributed by atoms with van der Waals surface area (Å²) in [4.78, 5) is 35.3. The van der Waals surface area contributed by atoms with Crippen LogP contribution in [0.5, 0.6) is 11.5 Å². The maximum absolute atomic E-state index is 12.6. The van der Waals surface area contributed by atoms with Gasteiger partial charge in [-0.05, 0) is 49.2 Å². The smallest absolute Gasteiger partial charge is 0.343 e. The van der Waals surface area contributed by atoms with Crippen molar-refractivity contribution in [3.63, 3.8) is 0 Å². The van der Waals surface area contributed by atoms with Crippen LogP contribution in [0.3, 0.4) is 0 Å². The minimum absolute atomic E-state index is 0.0582. The molecule has 0 atom stereocenters. The lowest BCUT2D eigenvalue weighted by Gasteiger charge is -2.12. The normalized spacial score (nSPS) is 14.5. The highest BCUT2D eigenvalue weighted by molar-refractivity contribution is 8.26. The van der Waals surface area contributed by atoms with E-state index >= 15 is 0 Å². The van der Waals surface area contributed by atoms with Crippen LogP contribution in [0, 0.1) is 17.0 Å². The molecule has 2 aromatic rings. The van der Waals surface area contributed by atoms with Gasteiger partial charge < -0.3 is 14.8 Å². The first-order valence-electron chi connectivity index (χ1n) is 8.76. The number of aryl methyl sites for hydroxylation is 1. The second kappa shape index (κ2) is 9.06. The van der Waals surface area contributed by atoms with Crippen molar-refractivity contribution < 1.29 is 24.0 Å². The van der Waals surface area contributed by atoms with Crippen LogP contribution >= 0.6 is 24.0 Å². The zero-order valence-corrected chi connectivity index (χ0v) is 17.6. The van der Waals surface area contributed by atoms with E-state index in [9.17, 15) is 19.7 Å². The van der Waals surface area contributed by atoms with Crippen LogP contribution in [-0.4, -0.2) is 27.7 Å². The molecule has 0 aromatic heterocycles. The molecule has 0 aliphatic carbocycles. The van der Waals surface area contributed by atoms with Gasteiger partial charge in [-0.3, -0.25) is 14.9 Å². The molecule has 0 radical (unpaired) electrons. The van der Waals surface area contributed by atoms with Crippen molar-refractivity contribution in [2.45, 2.75) is 13.8 Å². The molecule has 0 bridgehead atoms. The molecule has 3 rings (SSSR count). The predicted molar refractivity (Wildman–Crippen MR) is 117 cm³/mol. The van der Waals surface area contributed by atoms with E-state index < -0.39 is 10.9 Å². The number of carbonyl (C=O) groups is 2. The third-order valence-electron chi connectivity index (χ3n) is 3.92.